The zero-order valence-electron chi connectivity index (χ0n) is 14.2. The van der Waals surface area contributed by atoms with Crippen LogP contribution in [0.1, 0.15) is 16.1 Å². The molecule has 0 fully saturated rings. The van der Waals surface area contributed by atoms with E-state index >= 15 is 0 Å². The summed E-state index contributed by atoms with van der Waals surface area (Å²) in [6.07, 6.45) is 0. The van der Waals surface area contributed by atoms with Gasteiger partial charge in [-0.05, 0) is 37.3 Å². The van der Waals surface area contributed by atoms with Crippen molar-refractivity contribution in [2.75, 3.05) is 5.32 Å². The van der Waals surface area contributed by atoms with Crippen LogP contribution in [0.2, 0.25) is 0 Å². The third-order valence-corrected chi connectivity index (χ3v) is 4.78. The van der Waals surface area contributed by atoms with Gasteiger partial charge >= 0.3 is 0 Å². The lowest BCUT2D eigenvalue weighted by molar-refractivity contribution is 0.102. The van der Waals surface area contributed by atoms with Crippen molar-refractivity contribution in [1.82, 2.24) is 9.97 Å². The highest BCUT2D eigenvalue weighted by Crippen LogP contribution is 2.28. The number of aromatic nitrogens is 2. The number of carbonyl (C=O) groups excluding carboxylic acids is 1. The summed E-state index contributed by atoms with van der Waals surface area (Å²) < 4.78 is 27.3. The fraction of sp³-hybridized carbons (Fsp3) is 0.0500. The van der Waals surface area contributed by atoms with Gasteiger partial charge in [0.05, 0.1) is 16.8 Å². The lowest BCUT2D eigenvalue weighted by atomic mass is 10.1. The molecule has 0 aliphatic carbocycles. The lowest BCUT2D eigenvalue weighted by Crippen LogP contribution is -2.13. The van der Waals surface area contributed by atoms with E-state index in [0.717, 1.165) is 46.1 Å². The number of hydrogen-bond acceptors (Lipinski definition) is 4. The molecule has 4 nitrogen and oxygen atoms in total. The molecular formula is C20H13F2N3OS. The highest BCUT2D eigenvalue weighted by molar-refractivity contribution is 7.14. The second-order valence-corrected chi connectivity index (χ2v) is 6.80. The number of pyridine rings is 1. The Hall–Kier alpha value is -3.19. The summed E-state index contributed by atoms with van der Waals surface area (Å²) in [6.45, 7) is 1.82. The van der Waals surface area contributed by atoms with Crippen LogP contribution in [0.3, 0.4) is 0 Å². The molecule has 0 saturated heterocycles. The maximum atomic E-state index is 13.9. The fourth-order valence-corrected chi connectivity index (χ4v) is 3.51. The Morgan fingerprint density at radius 1 is 1.07 bits per heavy atom. The Morgan fingerprint density at radius 3 is 2.74 bits per heavy atom. The normalized spacial score (nSPS) is 10.9. The second kappa shape index (κ2) is 6.85. The van der Waals surface area contributed by atoms with Gasteiger partial charge < -0.3 is 0 Å². The van der Waals surface area contributed by atoms with Gasteiger partial charge in [0.15, 0.2) is 5.13 Å². The van der Waals surface area contributed by atoms with Crippen molar-refractivity contribution in [3.05, 3.63) is 76.8 Å². The minimum Gasteiger partial charge on any atom is -0.298 e. The topological polar surface area (TPSA) is 54.9 Å². The van der Waals surface area contributed by atoms with E-state index < -0.39 is 11.6 Å². The van der Waals surface area contributed by atoms with Gasteiger partial charge in [-0.3, -0.25) is 15.1 Å². The molecule has 0 aliphatic heterocycles. The maximum absolute atomic E-state index is 13.9. The summed E-state index contributed by atoms with van der Waals surface area (Å²) in [5, 5.41) is 5.33. The van der Waals surface area contributed by atoms with Crippen molar-refractivity contribution >= 4 is 33.3 Å². The number of nitrogens with one attached hydrogen (secondary N) is 1. The van der Waals surface area contributed by atoms with E-state index in [0.29, 0.717) is 10.7 Å². The molecule has 2 aromatic heterocycles. The van der Waals surface area contributed by atoms with Crippen LogP contribution in [-0.2, 0) is 0 Å². The number of fused-ring (bicyclic) bond motifs is 1. The zero-order valence-corrected chi connectivity index (χ0v) is 15.0. The molecular weight excluding hydrogens is 368 g/mol. The predicted octanol–water partition coefficient (Wildman–Crippen LogP) is 5.20. The summed E-state index contributed by atoms with van der Waals surface area (Å²) in [5.41, 5.74) is 2.25. The predicted molar refractivity (Wildman–Crippen MR) is 102 cm³/mol. The maximum Gasteiger partial charge on any atom is 0.258 e. The molecule has 0 saturated carbocycles. The Balaban J connectivity index is 1.65. The number of amides is 1. The van der Waals surface area contributed by atoms with Crippen LogP contribution in [0.5, 0.6) is 0 Å². The van der Waals surface area contributed by atoms with Crippen LogP contribution in [-0.4, -0.2) is 15.9 Å². The summed E-state index contributed by atoms with van der Waals surface area (Å²) in [6, 6.07) is 12.2. The molecule has 0 radical (unpaired) electrons. The Kier molecular flexibility index (Phi) is 4.37. The van der Waals surface area contributed by atoms with Crippen LogP contribution in [0.15, 0.2) is 53.9 Å². The molecule has 0 bridgehead atoms. The van der Waals surface area contributed by atoms with Gasteiger partial charge in [-0.25, -0.2) is 13.8 Å². The Morgan fingerprint density at radius 2 is 1.89 bits per heavy atom. The standard InChI is InChI=1S/C20H13F2N3OS/c1-11-8-14(13-4-2-3-5-17(13)23-11)19(26)25-20-24-18(10-27-20)15-9-12(21)6-7-16(15)22/h2-10H,1H3,(H,24,25,26). The molecule has 1 N–H and O–H groups in total. The number of hydrogen-bond donors (Lipinski definition) is 1. The van der Waals surface area contributed by atoms with Crippen LogP contribution >= 0.6 is 11.3 Å². The van der Waals surface area contributed by atoms with Crippen molar-refractivity contribution in [3.8, 4) is 11.3 Å². The van der Waals surface area contributed by atoms with Gasteiger partial charge in [0, 0.05) is 22.0 Å². The smallest absolute Gasteiger partial charge is 0.258 e. The van der Waals surface area contributed by atoms with Crippen molar-refractivity contribution in [1.29, 1.82) is 0 Å². The van der Waals surface area contributed by atoms with Gasteiger partial charge in [-0.15, -0.1) is 11.3 Å². The minimum absolute atomic E-state index is 0.0527. The fourth-order valence-electron chi connectivity index (χ4n) is 2.81. The third-order valence-electron chi connectivity index (χ3n) is 4.02. The molecule has 2 aromatic carbocycles. The first-order valence-electron chi connectivity index (χ1n) is 8.10. The van der Waals surface area contributed by atoms with Crippen molar-refractivity contribution in [3.63, 3.8) is 0 Å². The summed E-state index contributed by atoms with van der Waals surface area (Å²) >= 11 is 1.14. The van der Waals surface area contributed by atoms with E-state index in [1.165, 1.54) is 0 Å². The van der Waals surface area contributed by atoms with Crippen molar-refractivity contribution < 1.29 is 13.6 Å². The van der Waals surface area contributed by atoms with Gasteiger partial charge in [-0.1, -0.05) is 18.2 Å². The van der Waals surface area contributed by atoms with Crippen LogP contribution in [0.4, 0.5) is 13.9 Å². The van der Waals surface area contributed by atoms with Gasteiger partial charge in [0.1, 0.15) is 11.6 Å². The van der Waals surface area contributed by atoms with E-state index in [-0.39, 0.29) is 17.2 Å². The molecule has 27 heavy (non-hydrogen) atoms. The molecule has 134 valence electrons. The Labute approximate surface area is 157 Å². The number of para-hydroxylation sites is 1. The van der Waals surface area contributed by atoms with E-state index in [1.54, 1.807) is 11.4 Å². The number of benzene rings is 2. The molecule has 2 heterocycles. The number of halogens is 2. The first-order chi connectivity index (χ1) is 13.0. The molecule has 0 atom stereocenters. The second-order valence-electron chi connectivity index (χ2n) is 5.94. The zero-order chi connectivity index (χ0) is 19.0. The average molecular weight is 381 g/mol. The number of nitrogens with zero attached hydrogens (tertiary/aromatic N) is 2. The highest BCUT2D eigenvalue weighted by Gasteiger charge is 2.15. The van der Waals surface area contributed by atoms with E-state index in [2.05, 4.69) is 15.3 Å². The number of anilines is 1. The largest absolute Gasteiger partial charge is 0.298 e. The molecule has 0 unspecified atom stereocenters. The van der Waals surface area contributed by atoms with Crippen molar-refractivity contribution in [2.45, 2.75) is 6.92 Å². The van der Waals surface area contributed by atoms with E-state index in [4.69, 9.17) is 0 Å². The average Bonchev–Trinajstić information content (AvgIpc) is 3.11. The minimum atomic E-state index is -0.574. The first kappa shape index (κ1) is 17.2. The van der Waals surface area contributed by atoms with Crippen molar-refractivity contribution in [2.24, 2.45) is 0 Å². The number of rotatable bonds is 3. The van der Waals surface area contributed by atoms with Gasteiger partial charge in [0.2, 0.25) is 0 Å². The molecule has 0 aliphatic rings. The quantitative estimate of drug-likeness (QED) is 0.531. The monoisotopic (exact) mass is 381 g/mol. The number of aryl methyl sites for hydroxylation is 1. The lowest BCUT2D eigenvalue weighted by Gasteiger charge is -2.07. The van der Waals surface area contributed by atoms with Crippen LogP contribution < -0.4 is 5.32 Å². The van der Waals surface area contributed by atoms with Gasteiger partial charge in [-0.2, -0.15) is 0 Å². The molecule has 1 amide bonds. The van der Waals surface area contributed by atoms with Gasteiger partial charge in [0.25, 0.3) is 5.91 Å². The van der Waals surface area contributed by atoms with E-state index in [1.807, 2.05) is 31.2 Å². The summed E-state index contributed by atoms with van der Waals surface area (Å²) in [4.78, 5) is 21.4. The molecule has 4 aromatic rings. The summed E-state index contributed by atoms with van der Waals surface area (Å²) in [7, 11) is 0. The highest BCUT2D eigenvalue weighted by atomic mass is 32.1. The number of thiazole rings is 1. The SMILES string of the molecule is Cc1cc(C(=O)Nc2nc(-c3cc(F)ccc3F)cs2)c2ccccc2n1. The van der Waals surface area contributed by atoms with Crippen LogP contribution in [0.25, 0.3) is 22.2 Å². The molecule has 4 rings (SSSR count). The summed E-state index contributed by atoms with van der Waals surface area (Å²) in [5.74, 6) is -1.46. The Bertz CT molecular complexity index is 1170. The molecule has 0 spiro atoms. The van der Waals surface area contributed by atoms with Crippen LogP contribution in [0, 0.1) is 18.6 Å². The number of carbonyl (C=O) groups is 1. The first-order valence-corrected chi connectivity index (χ1v) is 8.98. The van der Waals surface area contributed by atoms with E-state index in [9.17, 15) is 13.6 Å². The molecule has 7 heteroatoms. The third kappa shape index (κ3) is 3.41.